The van der Waals surface area contributed by atoms with Gasteiger partial charge in [-0.25, -0.2) is 0 Å². The molecule has 132 valence electrons. The van der Waals surface area contributed by atoms with Crippen molar-refractivity contribution in [3.63, 3.8) is 0 Å². The van der Waals surface area contributed by atoms with Gasteiger partial charge < -0.3 is 5.32 Å². The van der Waals surface area contributed by atoms with E-state index in [1.54, 1.807) is 6.33 Å². The number of benzene rings is 1. The molecule has 2 aromatic rings. The maximum Gasteiger partial charge on any atom is 0.231 e. The fourth-order valence-electron chi connectivity index (χ4n) is 2.57. The molecule has 0 bridgehead atoms. The van der Waals surface area contributed by atoms with Crippen molar-refractivity contribution in [3.05, 3.63) is 35.7 Å². The van der Waals surface area contributed by atoms with Crippen LogP contribution in [-0.4, -0.2) is 32.0 Å². The molecule has 25 heavy (non-hydrogen) atoms. The smallest absolute Gasteiger partial charge is 0.231 e. The number of thioether (sulfide) groups is 1. The number of hydrogen-bond donors (Lipinski definition) is 1. The highest BCUT2D eigenvalue weighted by molar-refractivity contribution is 7.99. The highest BCUT2D eigenvalue weighted by atomic mass is 32.2. The summed E-state index contributed by atoms with van der Waals surface area (Å²) in [6.45, 7) is 8.05. The number of rotatable bonds is 7. The fraction of sp³-hybridized carbons (Fsp3) is 0.421. The average Bonchev–Trinajstić information content (AvgIpc) is 3.08. The third-order valence-corrected chi connectivity index (χ3v) is 5.28. The van der Waals surface area contributed by atoms with Crippen molar-refractivity contribution in [2.45, 2.75) is 51.2 Å². The Hall–Kier alpha value is -2.26. The average molecular weight is 356 g/mol. The summed E-state index contributed by atoms with van der Waals surface area (Å²) < 4.78 is 1.91. The predicted molar refractivity (Wildman–Crippen MR) is 102 cm³/mol. The van der Waals surface area contributed by atoms with Crippen LogP contribution < -0.4 is 5.32 Å². The summed E-state index contributed by atoms with van der Waals surface area (Å²) in [5, 5.41) is 11.8. The lowest BCUT2D eigenvalue weighted by atomic mass is 9.94. The minimum atomic E-state index is -0.571. The van der Waals surface area contributed by atoms with Crippen LogP contribution in [0.15, 0.2) is 29.7 Å². The fourth-order valence-corrected chi connectivity index (χ4v) is 3.29. The molecule has 6 heteroatoms. The Kier molecular flexibility index (Phi) is 6.27. The lowest BCUT2D eigenvalue weighted by Gasteiger charge is -2.26. The van der Waals surface area contributed by atoms with Gasteiger partial charge in [0.15, 0.2) is 5.16 Å². The number of nitrogens with one attached hydrogen (secondary N) is 1. The van der Waals surface area contributed by atoms with Gasteiger partial charge in [-0.3, -0.25) is 9.36 Å². The number of carbonyl (C=O) groups is 1. The minimum absolute atomic E-state index is 0.0952. The maximum atomic E-state index is 12.3. The zero-order valence-electron chi connectivity index (χ0n) is 15.2. The van der Waals surface area contributed by atoms with Crippen LogP contribution in [0.25, 0.3) is 5.69 Å². The van der Waals surface area contributed by atoms with Gasteiger partial charge in [-0.15, -0.1) is 16.6 Å². The Morgan fingerprint density at radius 1 is 1.36 bits per heavy atom. The Bertz CT molecular complexity index is 787. The number of hydrogen-bond acceptors (Lipinski definition) is 4. The van der Waals surface area contributed by atoms with E-state index in [-0.39, 0.29) is 11.7 Å². The Morgan fingerprint density at radius 2 is 2.08 bits per heavy atom. The quantitative estimate of drug-likeness (QED) is 0.611. The summed E-state index contributed by atoms with van der Waals surface area (Å²) in [4.78, 5) is 12.3. The minimum Gasteiger partial charge on any atom is -0.339 e. The van der Waals surface area contributed by atoms with Gasteiger partial charge in [0.2, 0.25) is 5.91 Å². The number of aromatic nitrogens is 3. The van der Waals surface area contributed by atoms with Crippen LogP contribution in [0.3, 0.4) is 0 Å². The third kappa shape index (κ3) is 4.43. The number of terminal acetylenes is 1. The highest BCUT2D eigenvalue weighted by Gasteiger charge is 2.25. The largest absolute Gasteiger partial charge is 0.339 e. The molecule has 0 spiro atoms. The molecule has 0 atom stereocenters. The molecule has 0 unspecified atom stereocenters. The van der Waals surface area contributed by atoms with Crippen molar-refractivity contribution in [2.24, 2.45) is 0 Å². The topological polar surface area (TPSA) is 59.8 Å². The van der Waals surface area contributed by atoms with Crippen LogP contribution >= 0.6 is 11.8 Å². The predicted octanol–water partition coefficient (Wildman–Crippen LogP) is 3.28. The second kappa shape index (κ2) is 8.21. The standard InChI is InChI=1S/C19H24N4OS/c1-6-19(7-2,8-3)21-17(24)12-25-18-22-20-13-23(18)16-11-14(4)9-10-15(16)5/h1,9-11,13H,7-8,12H2,2-5H3,(H,21,24). The van der Waals surface area contributed by atoms with E-state index in [1.807, 2.05) is 32.3 Å². The molecule has 1 aromatic heterocycles. The van der Waals surface area contributed by atoms with E-state index >= 15 is 0 Å². The van der Waals surface area contributed by atoms with E-state index in [9.17, 15) is 4.79 Å². The molecule has 0 fully saturated rings. The lowest BCUT2D eigenvalue weighted by molar-refractivity contribution is -0.119. The number of carbonyl (C=O) groups excluding carboxylic acids is 1. The Labute approximate surface area is 153 Å². The zero-order valence-corrected chi connectivity index (χ0v) is 16.0. The van der Waals surface area contributed by atoms with Gasteiger partial charge in [0, 0.05) is 0 Å². The Balaban J connectivity index is 2.11. The van der Waals surface area contributed by atoms with Crippen molar-refractivity contribution < 1.29 is 4.79 Å². The van der Waals surface area contributed by atoms with Gasteiger partial charge in [0.1, 0.15) is 11.9 Å². The molecule has 5 nitrogen and oxygen atoms in total. The molecule has 0 saturated heterocycles. The van der Waals surface area contributed by atoms with Gasteiger partial charge in [-0.2, -0.15) is 0 Å². The van der Waals surface area contributed by atoms with Crippen LogP contribution in [-0.2, 0) is 4.79 Å². The summed E-state index contributed by atoms with van der Waals surface area (Å²) >= 11 is 1.35. The molecule has 1 amide bonds. The number of aryl methyl sites for hydroxylation is 2. The van der Waals surface area contributed by atoms with Gasteiger partial charge in [-0.05, 0) is 43.9 Å². The van der Waals surface area contributed by atoms with Crippen molar-refractivity contribution >= 4 is 17.7 Å². The van der Waals surface area contributed by atoms with Gasteiger partial charge >= 0.3 is 0 Å². The molecular formula is C19H24N4OS. The SMILES string of the molecule is C#CC(CC)(CC)NC(=O)CSc1nncn1-c1cc(C)ccc1C. The molecule has 0 radical (unpaired) electrons. The molecule has 1 aromatic carbocycles. The van der Waals surface area contributed by atoms with Gasteiger partial charge in [0.25, 0.3) is 0 Å². The van der Waals surface area contributed by atoms with Crippen LogP contribution in [0.5, 0.6) is 0 Å². The van der Waals surface area contributed by atoms with Crippen LogP contribution in [0.2, 0.25) is 0 Å². The summed E-state index contributed by atoms with van der Waals surface area (Å²) in [7, 11) is 0. The highest BCUT2D eigenvalue weighted by Crippen LogP contribution is 2.23. The third-order valence-electron chi connectivity index (χ3n) is 4.34. The van der Waals surface area contributed by atoms with Gasteiger partial charge in [-0.1, -0.05) is 43.7 Å². The molecule has 0 aliphatic rings. The molecule has 0 aliphatic carbocycles. The van der Waals surface area contributed by atoms with E-state index in [4.69, 9.17) is 6.42 Å². The van der Waals surface area contributed by atoms with E-state index < -0.39 is 5.54 Å². The molecule has 1 N–H and O–H groups in total. The summed E-state index contributed by atoms with van der Waals surface area (Å²) in [6, 6.07) is 6.22. The first-order valence-electron chi connectivity index (χ1n) is 8.34. The first kappa shape index (κ1) is 19.1. The van der Waals surface area contributed by atoms with Gasteiger partial charge in [0.05, 0.1) is 11.4 Å². The molecule has 0 saturated carbocycles. The van der Waals surface area contributed by atoms with Crippen molar-refractivity contribution in [1.29, 1.82) is 0 Å². The van der Waals surface area contributed by atoms with E-state index in [1.165, 1.54) is 11.8 Å². The monoisotopic (exact) mass is 356 g/mol. The van der Waals surface area contributed by atoms with Crippen molar-refractivity contribution in [3.8, 4) is 18.0 Å². The molecule has 1 heterocycles. The number of amides is 1. The lowest BCUT2D eigenvalue weighted by Crippen LogP contribution is -2.47. The first-order chi connectivity index (χ1) is 11.9. The van der Waals surface area contributed by atoms with E-state index in [2.05, 4.69) is 39.6 Å². The molecular weight excluding hydrogens is 332 g/mol. The summed E-state index contributed by atoms with van der Waals surface area (Å²) in [6.07, 6.45) is 8.68. The maximum absolute atomic E-state index is 12.3. The zero-order chi connectivity index (χ0) is 18.4. The summed E-state index contributed by atoms with van der Waals surface area (Å²) in [5.41, 5.74) is 2.74. The second-order valence-corrected chi connectivity index (χ2v) is 6.99. The normalized spacial score (nSPS) is 11.2. The van der Waals surface area contributed by atoms with Crippen LogP contribution in [0, 0.1) is 26.2 Å². The van der Waals surface area contributed by atoms with Crippen LogP contribution in [0.1, 0.15) is 37.8 Å². The van der Waals surface area contributed by atoms with Crippen molar-refractivity contribution in [1.82, 2.24) is 20.1 Å². The van der Waals surface area contributed by atoms with Crippen LogP contribution in [0.4, 0.5) is 0 Å². The van der Waals surface area contributed by atoms with Crippen molar-refractivity contribution in [2.75, 3.05) is 5.75 Å². The Morgan fingerprint density at radius 3 is 2.72 bits per heavy atom. The second-order valence-electron chi connectivity index (χ2n) is 6.04. The molecule has 2 rings (SSSR count). The first-order valence-corrected chi connectivity index (χ1v) is 9.32. The molecule has 0 aliphatic heterocycles. The number of nitrogens with zero attached hydrogens (tertiary/aromatic N) is 3. The van der Waals surface area contributed by atoms with E-state index in [0.717, 1.165) is 16.8 Å². The summed E-state index contributed by atoms with van der Waals surface area (Å²) in [5.74, 6) is 2.86. The van der Waals surface area contributed by atoms with E-state index in [0.29, 0.717) is 18.0 Å².